The Balaban J connectivity index is 2.06. The molecular formula is C26H35N3O2. The summed E-state index contributed by atoms with van der Waals surface area (Å²) in [6, 6.07) is 12.0. The average molecular weight is 422 g/mol. The molecule has 166 valence electrons. The van der Waals surface area contributed by atoms with Gasteiger partial charge in [0.2, 0.25) is 0 Å². The molecule has 2 aromatic carbocycles. The Morgan fingerprint density at radius 3 is 1.39 bits per heavy atom. The number of nitrogens with zero attached hydrogens (tertiary/aromatic N) is 3. The van der Waals surface area contributed by atoms with E-state index in [0.29, 0.717) is 13.1 Å². The fourth-order valence-corrected chi connectivity index (χ4v) is 4.27. The number of benzene rings is 2. The molecule has 0 aliphatic carbocycles. The predicted octanol–water partition coefficient (Wildman–Crippen LogP) is 4.86. The monoisotopic (exact) mass is 421 g/mol. The van der Waals surface area contributed by atoms with Crippen molar-refractivity contribution in [1.29, 1.82) is 0 Å². The van der Waals surface area contributed by atoms with Gasteiger partial charge in [-0.05, 0) is 69.5 Å². The summed E-state index contributed by atoms with van der Waals surface area (Å²) in [6.45, 7) is 15.5. The fourth-order valence-electron chi connectivity index (χ4n) is 4.27. The van der Waals surface area contributed by atoms with Gasteiger partial charge in [0, 0.05) is 39.5 Å². The quantitative estimate of drug-likeness (QED) is 0.415. The highest BCUT2D eigenvalue weighted by atomic mass is 16.1. The van der Waals surface area contributed by atoms with Crippen LogP contribution in [-0.4, -0.2) is 65.2 Å². The molecule has 0 N–H and O–H groups in total. The van der Waals surface area contributed by atoms with Crippen molar-refractivity contribution in [2.24, 2.45) is 0 Å². The second-order valence-electron chi connectivity index (χ2n) is 7.98. The second-order valence-corrected chi connectivity index (χ2v) is 7.98. The van der Waals surface area contributed by atoms with E-state index in [-0.39, 0.29) is 11.6 Å². The van der Waals surface area contributed by atoms with Crippen LogP contribution in [0, 0.1) is 0 Å². The Kier molecular flexibility index (Phi) is 7.63. The normalized spacial score (nSPS) is 11.8. The number of aromatic nitrogens is 1. The summed E-state index contributed by atoms with van der Waals surface area (Å²) in [6.07, 6.45) is 0. The number of ketones is 2. The van der Waals surface area contributed by atoms with E-state index in [4.69, 9.17) is 0 Å². The third-order valence-corrected chi connectivity index (χ3v) is 6.35. The summed E-state index contributed by atoms with van der Waals surface area (Å²) in [4.78, 5) is 30.0. The van der Waals surface area contributed by atoms with E-state index in [0.717, 1.165) is 65.7 Å². The van der Waals surface area contributed by atoms with Crippen molar-refractivity contribution in [3.05, 3.63) is 47.5 Å². The lowest BCUT2D eigenvalue weighted by molar-refractivity contribution is 0.0930. The molecule has 0 saturated carbocycles. The summed E-state index contributed by atoms with van der Waals surface area (Å²) in [5, 5.41) is 2.08. The summed E-state index contributed by atoms with van der Waals surface area (Å²) in [5.74, 6) is 0.272. The average Bonchev–Trinajstić information content (AvgIpc) is 3.12. The molecule has 0 aliphatic heterocycles. The van der Waals surface area contributed by atoms with E-state index >= 15 is 0 Å². The molecule has 5 nitrogen and oxygen atoms in total. The molecule has 5 heteroatoms. The number of carbonyl (C=O) groups is 2. The van der Waals surface area contributed by atoms with E-state index in [1.165, 1.54) is 0 Å². The summed E-state index contributed by atoms with van der Waals surface area (Å²) >= 11 is 0. The molecule has 0 atom stereocenters. The van der Waals surface area contributed by atoms with Crippen molar-refractivity contribution in [3.63, 3.8) is 0 Å². The maximum Gasteiger partial charge on any atom is 0.176 e. The van der Waals surface area contributed by atoms with Crippen LogP contribution in [0.4, 0.5) is 0 Å². The van der Waals surface area contributed by atoms with Gasteiger partial charge >= 0.3 is 0 Å². The van der Waals surface area contributed by atoms with Crippen LogP contribution in [0.2, 0.25) is 0 Å². The lowest BCUT2D eigenvalue weighted by Gasteiger charge is -2.17. The molecule has 1 aromatic heterocycles. The van der Waals surface area contributed by atoms with Gasteiger partial charge in [0.05, 0.1) is 13.1 Å². The summed E-state index contributed by atoms with van der Waals surface area (Å²) in [5.41, 5.74) is 3.67. The largest absolute Gasteiger partial charge is 0.341 e. The zero-order valence-electron chi connectivity index (χ0n) is 19.6. The number of hydrogen-bond acceptors (Lipinski definition) is 4. The van der Waals surface area contributed by atoms with E-state index in [9.17, 15) is 9.59 Å². The Morgan fingerprint density at radius 1 is 0.677 bits per heavy atom. The Labute approximate surface area is 185 Å². The Bertz CT molecular complexity index is 992. The number of Topliss-reactive ketones (excluding diaryl/α,β-unsaturated/α-hetero) is 2. The van der Waals surface area contributed by atoms with E-state index in [1.54, 1.807) is 0 Å². The van der Waals surface area contributed by atoms with Gasteiger partial charge in [0.25, 0.3) is 0 Å². The molecule has 0 bridgehead atoms. The van der Waals surface area contributed by atoms with Crippen LogP contribution < -0.4 is 0 Å². The smallest absolute Gasteiger partial charge is 0.176 e. The van der Waals surface area contributed by atoms with Gasteiger partial charge in [-0.2, -0.15) is 0 Å². The van der Waals surface area contributed by atoms with Crippen LogP contribution in [0.15, 0.2) is 36.4 Å². The highest BCUT2D eigenvalue weighted by molar-refractivity contribution is 6.13. The standard InChI is InChI=1S/C26H35N3O2/c1-6-27(7-2)17-25(30)19-11-13-23-21(15-19)22-16-20(12-14-24(22)29(23)10-5)26(31)18-28(8-3)9-4/h11-16H,6-10,17-18H2,1-5H3. The molecular weight excluding hydrogens is 386 g/mol. The molecule has 1 heterocycles. The molecule has 0 amide bonds. The van der Waals surface area contributed by atoms with Gasteiger partial charge in [-0.15, -0.1) is 0 Å². The number of fused-ring (bicyclic) bond motifs is 3. The van der Waals surface area contributed by atoms with Gasteiger partial charge in [-0.25, -0.2) is 0 Å². The maximum atomic E-state index is 12.9. The van der Waals surface area contributed by atoms with Crippen molar-refractivity contribution in [3.8, 4) is 0 Å². The Morgan fingerprint density at radius 2 is 1.06 bits per heavy atom. The SMILES string of the molecule is CCN(CC)CC(=O)c1ccc2c(c1)c1cc(C(=O)CN(CC)CC)ccc1n2CC. The van der Waals surface area contributed by atoms with Crippen molar-refractivity contribution < 1.29 is 9.59 Å². The van der Waals surface area contributed by atoms with Crippen molar-refractivity contribution in [2.75, 3.05) is 39.3 Å². The third-order valence-electron chi connectivity index (χ3n) is 6.35. The van der Waals surface area contributed by atoms with Gasteiger partial charge < -0.3 is 4.57 Å². The van der Waals surface area contributed by atoms with Crippen LogP contribution >= 0.6 is 0 Å². The minimum absolute atomic E-state index is 0.136. The number of aryl methyl sites for hydroxylation is 1. The van der Waals surface area contributed by atoms with Crippen LogP contribution in [0.3, 0.4) is 0 Å². The first-order valence-corrected chi connectivity index (χ1v) is 11.5. The minimum atomic E-state index is 0.136. The molecule has 0 fully saturated rings. The first-order chi connectivity index (χ1) is 15.0. The molecule has 31 heavy (non-hydrogen) atoms. The van der Waals surface area contributed by atoms with Crippen LogP contribution in [0.25, 0.3) is 21.8 Å². The van der Waals surface area contributed by atoms with Crippen molar-refractivity contribution >= 4 is 33.4 Å². The highest BCUT2D eigenvalue weighted by Gasteiger charge is 2.17. The van der Waals surface area contributed by atoms with Crippen LogP contribution in [0.1, 0.15) is 55.3 Å². The highest BCUT2D eigenvalue weighted by Crippen LogP contribution is 2.31. The third kappa shape index (κ3) is 4.73. The van der Waals surface area contributed by atoms with Crippen molar-refractivity contribution in [1.82, 2.24) is 14.4 Å². The van der Waals surface area contributed by atoms with E-state index in [2.05, 4.69) is 49.0 Å². The van der Waals surface area contributed by atoms with Crippen LogP contribution in [-0.2, 0) is 6.54 Å². The maximum absolute atomic E-state index is 12.9. The second kappa shape index (κ2) is 10.2. The van der Waals surface area contributed by atoms with Gasteiger partial charge in [-0.1, -0.05) is 27.7 Å². The van der Waals surface area contributed by atoms with E-state index in [1.807, 2.05) is 36.4 Å². The fraction of sp³-hybridized carbons (Fsp3) is 0.462. The molecule has 0 unspecified atom stereocenters. The topological polar surface area (TPSA) is 45.6 Å². The zero-order chi connectivity index (χ0) is 22.5. The molecule has 0 spiro atoms. The number of likely N-dealkylation sites (N-methyl/N-ethyl adjacent to an activating group) is 2. The summed E-state index contributed by atoms with van der Waals surface area (Å²) < 4.78 is 2.25. The lowest BCUT2D eigenvalue weighted by atomic mass is 10.0. The number of hydrogen-bond donors (Lipinski definition) is 0. The predicted molar refractivity (Wildman–Crippen MR) is 129 cm³/mol. The molecule has 3 aromatic rings. The lowest BCUT2D eigenvalue weighted by Crippen LogP contribution is -2.29. The first kappa shape index (κ1) is 23.2. The molecule has 0 radical (unpaired) electrons. The van der Waals surface area contributed by atoms with Gasteiger partial charge in [0.1, 0.15) is 0 Å². The number of rotatable bonds is 11. The van der Waals surface area contributed by atoms with E-state index < -0.39 is 0 Å². The van der Waals surface area contributed by atoms with Crippen molar-refractivity contribution in [2.45, 2.75) is 41.2 Å². The molecule has 0 aliphatic rings. The van der Waals surface area contributed by atoms with Gasteiger partial charge in [0.15, 0.2) is 11.6 Å². The van der Waals surface area contributed by atoms with Crippen LogP contribution in [0.5, 0.6) is 0 Å². The number of carbonyl (C=O) groups excluding carboxylic acids is 2. The van der Waals surface area contributed by atoms with Gasteiger partial charge in [-0.3, -0.25) is 19.4 Å². The minimum Gasteiger partial charge on any atom is -0.341 e. The summed E-state index contributed by atoms with van der Waals surface area (Å²) in [7, 11) is 0. The first-order valence-electron chi connectivity index (χ1n) is 11.5. The molecule has 3 rings (SSSR count). The Hall–Kier alpha value is -2.50. The zero-order valence-corrected chi connectivity index (χ0v) is 19.6. The molecule has 0 saturated heterocycles.